The number of likely N-dealkylation sites (N-methyl/N-ethyl adjacent to an activating group) is 1. The summed E-state index contributed by atoms with van der Waals surface area (Å²) in [5.41, 5.74) is 1.95. The van der Waals surface area contributed by atoms with Crippen molar-refractivity contribution in [2.24, 2.45) is 18.9 Å². The summed E-state index contributed by atoms with van der Waals surface area (Å²) in [5.74, 6) is -1.75. The van der Waals surface area contributed by atoms with E-state index in [1.165, 1.54) is 18.2 Å². The first kappa shape index (κ1) is 31.9. The second kappa shape index (κ2) is 14.0. The van der Waals surface area contributed by atoms with Crippen LogP contribution >= 0.6 is 0 Å². The third-order valence-electron chi connectivity index (χ3n) is 6.88. The Morgan fingerprint density at radius 3 is 2.22 bits per heavy atom. The predicted octanol–water partition coefficient (Wildman–Crippen LogP) is 5.53. The molecule has 206 valence electrons. The number of aryl methyl sites for hydroxylation is 1. The second-order valence-electron chi connectivity index (χ2n) is 10.7. The van der Waals surface area contributed by atoms with Crippen LogP contribution in [-0.4, -0.2) is 52.0 Å². The van der Waals surface area contributed by atoms with E-state index in [0.717, 1.165) is 16.5 Å². The van der Waals surface area contributed by atoms with Crippen LogP contribution in [0, 0.1) is 11.8 Å². The lowest BCUT2D eigenvalue weighted by Crippen LogP contribution is -2.47. The zero-order valence-electron chi connectivity index (χ0n) is 24.4. The van der Waals surface area contributed by atoms with Gasteiger partial charge in [-0.25, -0.2) is 4.79 Å². The molecular formula is C30H47N3O4. The summed E-state index contributed by atoms with van der Waals surface area (Å²) >= 11 is 0. The smallest absolute Gasteiger partial charge is 0.331 e. The van der Waals surface area contributed by atoms with Crippen molar-refractivity contribution >= 4 is 28.7 Å². The normalized spacial score (nSPS) is 13.5. The molecule has 7 heteroatoms. The third kappa shape index (κ3) is 7.94. The summed E-state index contributed by atoms with van der Waals surface area (Å²) in [4.78, 5) is 38.9. The number of aliphatic carboxylic acids is 1. The van der Waals surface area contributed by atoms with Crippen LogP contribution in [0.15, 0.2) is 42.1 Å². The number of benzene rings is 1. The number of carbonyl (C=O) groups excluding carboxylic acids is 2. The first-order valence-corrected chi connectivity index (χ1v) is 13.2. The number of fused-ring (bicyclic) bond motifs is 1. The fourth-order valence-corrected chi connectivity index (χ4v) is 4.72. The lowest BCUT2D eigenvalue weighted by Gasteiger charge is -2.33. The number of nitrogens with one attached hydrogen (secondary N) is 1. The molecule has 1 heterocycles. The van der Waals surface area contributed by atoms with Gasteiger partial charge in [0.25, 0.3) is 0 Å². The number of para-hydroxylation sites is 1. The molecule has 0 aliphatic carbocycles. The van der Waals surface area contributed by atoms with E-state index in [1.807, 2.05) is 40.0 Å². The van der Waals surface area contributed by atoms with Gasteiger partial charge < -0.3 is 19.9 Å². The number of amides is 2. The van der Waals surface area contributed by atoms with Gasteiger partial charge in [-0.3, -0.25) is 9.59 Å². The molecule has 7 nitrogen and oxygen atoms in total. The number of hydrogen-bond acceptors (Lipinski definition) is 3. The van der Waals surface area contributed by atoms with Gasteiger partial charge in [0.2, 0.25) is 11.8 Å². The topological polar surface area (TPSA) is 91.6 Å². The fourth-order valence-electron chi connectivity index (χ4n) is 4.72. The van der Waals surface area contributed by atoms with Crippen molar-refractivity contribution in [3.63, 3.8) is 0 Å². The SMILES string of the molecule is CCC.CC[C@H](C(=O)NCC(=O)N(C)[C@H](/C=C(\C)C(=O)O)C(C)C)C(C)(C)c1cn(C)c2ccccc12. The van der Waals surface area contributed by atoms with E-state index < -0.39 is 11.4 Å². The molecule has 0 saturated carbocycles. The van der Waals surface area contributed by atoms with Crippen LogP contribution in [0.4, 0.5) is 0 Å². The molecule has 0 radical (unpaired) electrons. The Hall–Kier alpha value is -3.09. The van der Waals surface area contributed by atoms with Gasteiger partial charge in [-0.1, -0.05) is 79.2 Å². The van der Waals surface area contributed by atoms with Crippen LogP contribution in [-0.2, 0) is 26.8 Å². The van der Waals surface area contributed by atoms with Crippen molar-refractivity contribution < 1.29 is 19.5 Å². The lowest BCUT2D eigenvalue weighted by molar-refractivity contribution is -0.135. The van der Waals surface area contributed by atoms with Crippen molar-refractivity contribution in [3.8, 4) is 0 Å². The van der Waals surface area contributed by atoms with Gasteiger partial charge in [-0.15, -0.1) is 0 Å². The highest BCUT2D eigenvalue weighted by atomic mass is 16.4. The first-order chi connectivity index (χ1) is 17.2. The molecule has 2 aromatic rings. The summed E-state index contributed by atoms with van der Waals surface area (Å²) in [6, 6.07) is 7.77. The highest BCUT2D eigenvalue weighted by Gasteiger charge is 2.37. The van der Waals surface area contributed by atoms with E-state index in [2.05, 4.69) is 55.9 Å². The van der Waals surface area contributed by atoms with Gasteiger partial charge in [0, 0.05) is 48.1 Å². The zero-order chi connectivity index (χ0) is 28.5. The summed E-state index contributed by atoms with van der Waals surface area (Å²) in [5, 5.41) is 13.2. The third-order valence-corrected chi connectivity index (χ3v) is 6.88. The molecule has 37 heavy (non-hydrogen) atoms. The number of carboxylic acids is 1. The number of carbonyl (C=O) groups is 3. The van der Waals surface area contributed by atoms with Crippen LogP contribution < -0.4 is 5.32 Å². The molecule has 0 spiro atoms. The molecule has 2 amide bonds. The van der Waals surface area contributed by atoms with Crippen molar-refractivity contribution in [1.29, 1.82) is 0 Å². The molecule has 2 N–H and O–H groups in total. The average molecular weight is 514 g/mol. The summed E-state index contributed by atoms with van der Waals surface area (Å²) in [7, 11) is 3.64. The molecule has 0 bridgehead atoms. The number of hydrogen-bond donors (Lipinski definition) is 2. The first-order valence-electron chi connectivity index (χ1n) is 13.2. The van der Waals surface area contributed by atoms with Crippen LogP contribution in [0.25, 0.3) is 10.9 Å². The minimum absolute atomic E-state index is 0.0210. The van der Waals surface area contributed by atoms with E-state index >= 15 is 0 Å². The molecule has 0 fully saturated rings. The Bertz CT molecular complexity index is 1100. The van der Waals surface area contributed by atoms with E-state index in [-0.39, 0.29) is 41.8 Å². The highest BCUT2D eigenvalue weighted by Crippen LogP contribution is 2.38. The van der Waals surface area contributed by atoms with Crippen LogP contribution in [0.2, 0.25) is 0 Å². The summed E-state index contributed by atoms with van der Waals surface area (Å²) in [6.07, 6.45) is 5.55. The summed E-state index contributed by atoms with van der Waals surface area (Å²) in [6.45, 7) is 15.6. The molecule has 0 unspecified atom stereocenters. The zero-order valence-corrected chi connectivity index (χ0v) is 24.4. The Morgan fingerprint density at radius 2 is 1.70 bits per heavy atom. The van der Waals surface area contributed by atoms with Gasteiger partial charge >= 0.3 is 5.97 Å². The maximum atomic E-state index is 13.3. The van der Waals surface area contributed by atoms with Gasteiger partial charge in [-0.05, 0) is 30.9 Å². The average Bonchev–Trinajstić information content (AvgIpc) is 3.18. The molecular weight excluding hydrogens is 466 g/mol. The number of nitrogens with zero attached hydrogens (tertiary/aromatic N) is 2. The van der Waals surface area contributed by atoms with Crippen molar-refractivity contribution in [3.05, 3.63) is 47.7 Å². The lowest BCUT2D eigenvalue weighted by atomic mass is 9.71. The van der Waals surface area contributed by atoms with E-state index in [4.69, 9.17) is 0 Å². The minimum Gasteiger partial charge on any atom is -0.478 e. The van der Waals surface area contributed by atoms with Gasteiger partial charge in [0.05, 0.1) is 12.6 Å². The van der Waals surface area contributed by atoms with Crippen molar-refractivity contribution in [1.82, 2.24) is 14.8 Å². The number of carboxylic acid groups (broad SMARTS) is 1. The monoisotopic (exact) mass is 513 g/mol. The highest BCUT2D eigenvalue weighted by molar-refractivity contribution is 5.90. The molecule has 1 aromatic carbocycles. The Kier molecular flexibility index (Phi) is 12.1. The summed E-state index contributed by atoms with van der Waals surface area (Å²) < 4.78 is 2.08. The Morgan fingerprint density at radius 1 is 1.14 bits per heavy atom. The van der Waals surface area contributed by atoms with Gasteiger partial charge in [-0.2, -0.15) is 0 Å². The molecule has 0 aliphatic rings. The van der Waals surface area contributed by atoms with Gasteiger partial charge in [0.15, 0.2) is 0 Å². The minimum atomic E-state index is -1.01. The molecule has 1 aromatic heterocycles. The van der Waals surface area contributed by atoms with Crippen LogP contribution in [0.5, 0.6) is 0 Å². The van der Waals surface area contributed by atoms with Crippen LogP contribution in [0.1, 0.15) is 73.8 Å². The van der Waals surface area contributed by atoms with E-state index in [9.17, 15) is 19.5 Å². The largest absolute Gasteiger partial charge is 0.478 e. The Labute approximate surface area is 222 Å². The Balaban J connectivity index is 0.00000217. The number of aromatic nitrogens is 1. The van der Waals surface area contributed by atoms with Crippen LogP contribution in [0.3, 0.4) is 0 Å². The predicted molar refractivity (Wildman–Crippen MR) is 151 cm³/mol. The maximum absolute atomic E-state index is 13.3. The molecule has 0 aliphatic heterocycles. The fraction of sp³-hybridized carbons (Fsp3) is 0.567. The molecule has 2 rings (SSSR count). The van der Waals surface area contributed by atoms with E-state index in [1.54, 1.807) is 13.1 Å². The van der Waals surface area contributed by atoms with E-state index in [0.29, 0.717) is 6.42 Å². The van der Waals surface area contributed by atoms with Crippen molar-refractivity contribution in [2.45, 2.75) is 79.7 Å². The second-order valence-corrected chi connectivity index (χ2v) is 10.7. The van der Waals surface area contributed by atoms with Crippen molar-refractivity contribution in [2.75, 3.05) is 13.6 Å². The molecule has 0 saturated heterocycles. The quantitative estimate of drug-likeness (QED) is 0.409. The maximum Gasteiger partial charge on any atom is 0.331 e. The number of rotatable bonds is 10. The molecule has 2 atom stereocenters. The standard InChI is InChI=1S/C27H39N3O4.C3H8/c1-9-20(27(5,6)21-16-29(7)22-13-11-10-12-19(21)22)25(32)28-15-24(31)30(8)23(17(2)3)14-18(4)26(33)34;1-3-2/h10-14,16-17,20,23H,9,15H2,1-8H3,(H,28,32)(H,33,34);3H2,1-2H3/b18-14+;/t20-,23-;/m1./s1. The van der Waals surface area contributed by atoms with Gasteiger partial charge in [0.1, 0.15) is 0 Å².